The summed E-state index contributed by atoms with van der Waals surface area (Å²) in [7, 11) is 0. The Kier molecular flexibility index (Phi) is 29.3. The van der Waals surface area contributed by atoms with Crippen molar-refractivity contribution in [2.45, 2.75) is 164 Å². The maximum Gasteiger partial charge on any atom is 0.163 e. The van der Waals surface area contributed by atoms with E-state index in [0.717, 1.165) is 103 Å². The van der Waals surface area contributed by atoms with Crippen molar-refractivity contribution < 1.29 is 4.74 Å². The predicted octanol–water partition coefficient (Wildman–Crippen LogP) is 24.8. The van der Waals surface area contributed by atoms with E-state index in [2.05, 4.69) is 208 Å². The van der Waals surface area contributed by atoms with Crippen molar-refractivity contribution in [1.82, 2.24) is 42.1 Å². The van der Waals surface area contributed by atoms with E-state index in [1.165, 1.54) is 151 Å². The molecule has 0 fully saturated rings. The molecule has 0 N–H and O–H groups in total. The molecule has 10 nitrogen and oxygen atoms in total. The van der Waals surface area contributed by atoms with E-state index in [-0.39, 0.29) is 0 Å². The van der Waals surface area contributed by atoms with Gasteiger partial charge in [-0.1, -0.05) is 171 Å². The van der Waals surface area contributed by atoms with Crippen molar-refractivity contribution in [3.8, 4) is 0 Å². The van der Waals surface area contributed by atoms with Crippen LogP contribution in [0.5, 0.6) is 0 Å². The van der Waals surface area contributed by atoms with Crippen molar-refractivity contribution in [2.24, 2.45) is 5.92 Å². The van der Waals surface area contributed by atoms with E-state index >= 15 is 0 Å². The molecule has 0 aliphatic carbocycles. The number of para-hydroxylation sites is 6. The van der Waals surface area contributed by atoms with E-state index in [4.69, 9.17) is 78.0 Å². The Morgan fingerprint density at radius 2 is 0.589 bits per heavy atom. The Morgan fingerprint density at radius 3 is 0.874 bits per heavy atom. The van der Waals surface area contributed by atoms with Crippen LogP contribution in [0.2, 0.25) is 0 Å². The second-order valence-corrected chi connectivity index (χ2v) is 34.3. The first kappa shape index (κ1) is 73.5. The van der Waals surface area contributed by atoms with E-state index in [1.54, 1.807) is 68.0 Å². The zero-order valence-electron chi connectivity index (χ0n) is 55.2. The molecule has 0 amide bonds. The highest BCUT2D eigenvalue weighted by atomic mass is 32.2. The fraction of sp³-hybridized carbons (Fsp3) is 0.425. The first-order valence-electron chi connectivity index (χ1n) is 33.7. The molecule has 22 heteroatoms. The second-order valence-electron chi connectivity index (χ2n) is 24.2. The van der Waals surface area contributed by atoms with Crippen LogP contribution in [-0.4, -0.2) is 75.0 Å². The predicted molar refractivity (Wildman–Crippen MR) is 430 cm³/mol. The molecule has 1 unspecified atom stereocenters. The Balaban J connectivity index is 0.000000156. The summed E-state index contributed by atoms with van der Waals surface area (Å²) in [4.78, 5) is 7.46. The third kappa shape index (κ3) is 20.1. The summed E-state index contributed by atoms with van der Waals surface area (Å²) in [6.07, 6.45) is 19.5. The minimum Gasteiger partial charge on any atom is -0.382 e. The topological polar surface area (TPSA) is 48.5 Å². The summed E-state index contributed by atoms with van der Waals surface area (Å²) in [6, 6.07) is 51.0. The van der Waals surface area contributed by atoms with E-state index in [9.17, 15) is 0 Å². The molecule has 95 heavy (non-hydrogen) atoms. The van der Waals surface area contributed by atoms with E-state index < -0.39 is 0 Å². The number of rotatable bonds is 34. The van der Waals surface area contributed by atoms with Crippen molar-refractivity contribution >= 4 is 203 Å². The normalized spacial score (nSPS) is 12.2. The molecule has 0 saturated carbocycles. The molecule has 1 atom stereocenters. The van der Waals surface area contributed by atoms with Crippen molar-refractivity contribution in [3.63, 3.8) is 0 Å². The number of nitrogens with zero attached hydrogens (tertiary/aromatic N) is 9. The third-order valence-electron chi connectivity index (χ3n) is 17.3. The number of unbranched alkanes of at least 4 members (excludes halogenated alkanes) is 10. The van der Waals surface area contributed by atoms with Crippen molar-refractivity contribution in [3.05, 3.63) is 169 Å². The number of thiazole rings is 6. The molecule has 6 heterocycles. The van der Waals surface area contributed by atoms with Gasteiger partial charge in [0.2, 0.25) is 0 Å². The zero-order chi connectivity index (χ0) is 66.5. The minimum absolute atomic E-state index is 0.679. The van der Waals surface area contributed by atoms with Gasteiger partial charge >= 0.3 is 0 Å². The van der Waals surface area contributed by atoms with Crippen LogP contribution < -0.4 is 0 Å². The highest BCUT2D eigenvalue weighted by Crippen LogP contribution is 2.31. The van der Waals surface area contributed by atoms with Crippen LogP contribution in [-0.2, 0) is 44.7 Å². The van der Waals surface area contributed by atoms with Crippen LogP contribution >= 0.6 is 141 Å². The fourth-order valence-electron chi connectivity index (χ4n) is 12.3. The van der Waals surface area contributed by atoms with Gasteiger partial charge in [-0.15, -0.1) is 68.0 Å². The monoisotopic (exact) mass is 1490 g/mol. The number of benzene rings is 6. The first-order valence-corrected chi connectivity index (χ1v) is 41.0. The van der Waals surface area contributed by atoms with Gasteiger partial charge in [0.25, 0.3) is 0 Å². The molecule has 0 saturated heterocycles. The highest BCUT2D eigenvalue weighted by molar-refractivity contribution is 7.74. The maximum atomic E-state index is 5.77. The summed E-state index contributed by atoms with van der Waals surface area (Å²) in [5.41, 5.74) is 7.29. The summed E-state index contributed by atoms with van der Waals surface area (Å²) >= 11 is 44.6. The van der Waals surface area contributed by atoms with Crippen LogP contribution in [0.1, 0.15) is 124 Å². The molecule has 0 radical (unpaired) electrons. The van der Waals surface area contributed by atoms with Gasteiger partial charge in [-0.3, -0.25) is 14.7 Å². The van der Waals surface area contributed by atoms with Crippen molar-refractivity contribution in [1.29, 1.82) is 0 Å². The van der Waals surface area contributed by atoms with Gasteiger partial charge in [-0.2, -0.15) is 0 Å². The Bertz CT molecular complexity index is 4470. The summed E-state index contributed by atoms with van der Waals surface area (Å²) in [5, 5.41) is 0. The zero-order valence-corrected chi connectivity index (χ0v) is 64.9. The molecule has 12 rings (SSSR count). The lowest BCUT2D eigenvalue weighted by Gasteiger charge is -2.28. The lowest BCUT2D eigenvalue weighted by molar-refractivity contribution is 0.114. The SMILES string of the molecule is CCCCC(CC)CN(Cn1c(=S)sc2ccccc21)Cn1c(=S)sc2ccccc21.CCCCCCCCCCCCN(Cn1c(=S)sc2ccccc21)Cn1c(=S)sc2ccccc21.CCOCCCN(Cn1c(=S)sc2ccccc21)Cn1c(=S)sc2ccccc21. The van der Waals surface area contributed by atoms with Gasteiger partial charge in [-0.25, -0.2) is 0 Å². The van der Waals surface area contributed by atoms with Crippen LogP contribution in [0.3, 0.4) is 0 Å². The van der Waals surface area contributed by atoms with Gasteiger partial charge in [0.05, 0.1) is 101 Å². The molecule has 6 aromatic heterocycles. The molecule has 0 aliphatic heterocycles. The van der Waals surface area contributed by atoms with E-state index in [0.29, 0.717) is 5.92 Å². The fourth-order valence-corrected chi connectivity index (χ4v) is 20.1. The van der Waals surface area contributed by atoms with Crippen LogP contribution in [0, 0.1) is 29.6 Å². The smallest absolute Gasteiger partial charge is 0.163 e. The van der Waals surface area contributed by atoms with Crippen LogP contribution in [0.25, 0.3) is 61.3 Å². The number of hydrogen-bond acceptors (Lipinski definition) is 16. The lowest BCUT2D eigenvalue weighted by Crippen LogP contribution is -2.33. The maximum absolute atomic E-state index is 5.77. The molecule has 0 aliphatic rings. The quantitative estimate of drug-likeness (QED) is 0.0288. The van der Waals surface area contributed by atoms with Crippen molar-refractivity contribution in [2.75, 3.05) is 32.8 Å². The number of hydrogen-bond donors (Lipinski definition) is 0. The third-order valence-corrected chi connectivity index (χ3v) is 25.9. The number of ether oxygens (including phenoxy) is 1. The Labute approximate surface area is 615 Å². The Morgan fingerprint density at radius 1 is 0.326 bits per heavy atom. The highest BCUT2D eigenvalue weighted by Gasteiger charge is 2.20. The first-order chi connectivity index (χ1) is 46.4. The lowest BCUT2D eigenvalue weighted by atomic mass is 9.99. The molecule has 504 valence electrons. The van der Waals surface area contributed by atoms with Gasteiger partial charge in [0.1, 0.15) is 0 Å². The van der Waals surface area contributed by atoms with Gasteiger partial charge in [-0.05, 0) is 178 Å². The molecule has 0 bridgehead atoms. The largest absolute Gasteiger partial charge is 0.382 e. The molecule has 12 aromatic rings. The second kappa shape index (κ2) is 37.9. The van der Waals surface area contributed by atoms with Gasteiger partial charge in [0.15, 0.2) is 23.7 Å². The van der Waals surface area contributed by atoms with E-state index in [1.807, 2.05) is 6.92 Å². The van der Waals surface area contributed by atoms with Gasteiger partial charge in [0, 0.05) is 32.8 Å². The van der Waals surface area contributed by atoms with Gasteiger partial charge < -0.3 is 32.1 Å². The number of aromatic nitrogens is 6. The average Bonchev–Trinajstić information content (AvgIpc) is 1.70. The molecular formula is C73H89N9OS12. The molecule has 0 spiro atoms. The molecular weight excluding hydrogens is 1400 g/mol. The summed E-state index contributed by atoms with van der Waals surface area (Å²) < 4.78 is 32.2. The van der Waals surface area contributed by atoms with Crippen LogP contribution in [0.4, 0.5) is 0 Å². The summed E-state index contributed by atoms with van der Waals surface area (Å²) in [5.74, 6) is 0.679. The average molecular weight is 1490 g/mol. The van der Waals surface area contributed by atoms with Crippen LogP contribution in [0.15, 0.2) is 146 Å². The standard InChI is InChI=1S/C28H37N3S4.C24H29N3S4.C21H23N3OS4/c1-2-3-4-5-6-7-8-9-10-15-20-29(21-30-23-16-11-13-18-25(23)34-27(30)32)22-31-24-17-12-14-19-26(24)35-28(31)33;1-3-5-10-18(4-2)15-25(16-26-19-11-6-8-13-21(19)30-23(26)28)17-27-20-12-7-9-14-22(20)31-24(27)29;1-2-25-13-7-12-22(14-23-16-8-3-5-10-18(16)28-20(23)26)15-24-17-9-4-6-11-19(17)29-21(24)27/h11-14,16-19H,2-10,15,20-22H2,1H3;6-9,11-14,18H,3-5,10,15-17H2,1-2H3;3-6,8-11H,2,7,12-15H2,1H3. The molecule has 6 aromatic carbocycles. The Hall–Kier alpha value is -4.18. The summed E-state index contributed by atoms with van der Waals surface area (Å²) in [6.45, 7) is 18.1. The minimum atomic E-state index is 0.679. The number of fused-ring (bicyclic) bond motifs is 6.